The van der Waals surface area contributed by atoms with Gasteiger partial charge in [0.25, 0.3) is 0 Å². The first kappa shape index (κ1) is 11.2. The number of esters is 1. The average Bonchev–Trinajstić information content (AvgIpc) is 1.84. The summed E-state index contributed by atoms with van der Waals surface area (Å²) in [6.07, 6.45) is -5.41. The summed E-state index contributed by atoms with van der Waals surface area (Å²) >= 11 is 0. The van der Waals surface area contributed by atoms with E-state index in [2.05, 4.69) is 9.47 Å². The number of hydrogen-bond acceptors (Lipinski definition) is 3. The molecule has 72 valence electrons. The van der Waals surface area contributed by atoms with Crippen LogP contribution in [0.1, 0.15) is 6.42 Å². The molecule has 0 radical (unpaired) electrons. The van der Waals surface area contributed by atoms with Gasteiger partial charge in [0, 0.05) is 7.11 Å². The summed E-state index contributed by atoms with van der Waals surface area (Å²) in [6, 6.07) is 0. The maximum Gasteiger partial charge on any atom is 0.392 e. The van der Waals surface area contributed by atoms with Gasteiger partial charge < -0.3 is 9.47 Å². The van der Waals surface area contributed by atoms with Crippen LogP contribution in [0, 0.1) is 0 Å². The third kappa shape index (κ3) is 7.33. The van der Waals surface area contributed by atoms with E-state index in [9.17, 15) is 18.0 Å². The maximum atomic E-state index is 11.5. The van der Waals surface area contributed by atoms with Gasteiger partial charge in [-0.15, -0.1) is 0 Å². The highest BCUT2D eigenvalue weighted by atomic mass is 19.4. The van der Waals surface area contributed by atoms with Gasteiger partial charge in [0.05, 0.1) is 6.42 Å². The number of methoxy groups -OCH3 is 1. The van der Waals surface area contributed by atoms with Gasteiger partial charge in [0.2, 0.25) is 0 Å². The van der Waals surface area contributed by atoms with Gasteiger partial charge in [0.1, 0.15) is 13.2 Å². The van der Waals surface area contributed by atoms with Crippen LogP contribution in [0.15, 0.2) is 0 Å². The fourth-order valence-electron chi connectivity index (χ4n) is 0.440. The molecule has 0 aromatic heterocycles. The summed E-state index contributed by atoms with van der Waals surface area (Å²) in [5.41, 5.74) is 0. The van der Waals surface area contributed by atoms with Crippen LogP contribution >= 0.6 is 0 Å². The molecule has 0 saturated carbocycles. The van der Waals surface area contributed by atoms with Crippen LogP contribution in [0.5, 0.6) is 0 Å². The number of halogens is 3. The second-order valence-electron chi connectivity index (χ2n) is 2.02. The van der Waals surface area contributed by atoms with Gasteiger partial charge in [-0.05, 0) is 0 Å². The van der Waals surface area contributed by atoms with Crippen LogP contribution in [0.25, 0.3) is 0 Å². The standard InChI is InChI=1S/C6H9F3O3/c1-11-4-5(10)12-3-2-6(7,8)9/h2-4H2,1H3. The van der Waals surface area contributed by atoms with E-state index in [-0.39, 0.29) is 6.61 Å². The van der Waals surface area contributed by atoms with Gasteiger partial charge >= 0.3 is 12.1 Å². The third-order valence-electron chi connectivity index (χ3n) is 0.911. The molecule has 0 aliphatic carbocycles. The Kier molecular flexibility index (Phi) is 4.65. The number of carbonyl (C=O) groups excluding carboxylic acids is 1. The van der Waals surface area contributed by atoms with Crippen LogP contribution in [0.3, 0.4) is 0 Å². The quantitative estimate of drug-likeness (QED) is 0.617. The highest BCUT2D eigenvalue weighted by Crippen LogP contribution is 2.18. The van der Waals surface area contributed by atoms with Crippen LogP contribution in [-0.4, -0.2) is 32.5 Å². The minimum absolute atomic E-state index is 0.322. The average molecular weight is 186 g/mol. The molecule has 0 heterocycles. The van der Waals surface area contributed by atoms with Crippen molar-refractivity contribution in [3.63, 3.8) is 0 Å². The molecular weight excluding hydrogens is 177 g/mol. The smallest absolute Gasteiger partial charge is 0.392 e. The topological polar surface area (TPSA) is 35.5 Å². The van der Waals surface area contributed by atoms with E-state index in [0.29, 0.717) is 0 Å². The van der Waals surface area contributed by atoms with E-state index in [1.807, 2.05) is 0 Å². The molecule has 0 rings (SSSR count). The normalized spacial score (nSPS) is 11.3. The van der Waals surface area contributed by atoms with Gasteiger partial charge in [-0.25, -0.2) is 4.79 Å². The summed E-state index contributed by atoms with van der Waals surface area (Å²) in [5.74, 6) is -0.790. The van der Waals surface area contributed by atoms with Crippen LogP contribution in [0.4, 0.5) is 13.2 Å². The fraction of sp³-hybridized carbons (Fsp3) is 0.833. The zero-order valence-corrected chi connectivity index (χ0v) is 6.48. The van der Waals surface area contributed by atoms with Crippen LogP contribution in [0.2, 0.25) is 0 Å². The van der Waals surface area contributed by atoms with Crippen molar-refractivity contribution in [2.24, 2.45) is 0 Å². The molecule has 0 atom stereocenters. The second-order valence-corrected chi connectivity index (χ2v) is 2.02. The Morgan fingerprint density at radius 3 is 2.42 bits per heavy atom. The zero-order valence-electron chi connectivity index (χ0n) is 6.48. The lowest BCUT2D eigenvalue weighted by Crippen LogP contribution is -2.17. The van der Waals surface area contributed by atoms with Gasteiger partial charge in [-0.2, -0.15) is 13.2 Å². The predicted octanol–water partition coefficient (Wildman–Crippen LogP) is 1.13. The number of ether oxygens (including phenoxy) is 2. The lowest BCUT2D eigenvalue weighted by atomic mass is 10.4. The van der Waals surface area contributed by atoms with E-state index in [4.69, 9.17) is 0 Å². The monoisotopic (exact) mass is 186 g/mol. The SMILES string of the molecule is COCC(=O)OCCC(F)(F)F. The first-order valence-corrected chi connectivity index (χ1v) is 3.17. The van der Waals surface area contributed by atoms with Crippen molar-refractivity contribution in [2.75, 3.05) is 20.3 Å². The minimum atomic E-state index is -4.28. The lowest BCUT2D eigenvalue weighted by molar-refractivity contribution is -0.161. The van der Waals surface area contributed by atoms with E-state index in [0.717, 1.165) is 0 Å². The molecule has 0 aliphatic heterocycles. The van der Waals surface area contributed by atoms with Gasteiger partial charge in [-0.1, -0.05) is 0 Å². The summed E-state index contributed by atoms with van der Waals surface area (Å²) in [4.78, 5) is 10.4. The molecule has 12 heavy (non-hydrogen) atoms. The Bertz CT molecular complexity index is 143. The minimum Gasteiger partial charge on any atom is -0.464 e. The second kappa shape index (κ2) is 4.97. The molecule has 3 nitrogen and oxygen atoms in total. The van der Waals surface area contributed by atoms with E-state index < -0.39 is 25.2 Å². The Morgan fingerprint density at radius 2 is 2.00 bits per heavy atom. The third-order valence-corrected chi connectivity index (χ3v) is 0.911. The molecular formula is C6H9F3O3. The van der Waals surface area contributed by atoms with Crippen molar-refractivity contribution >= 4 is 5.97 Å². The highest BCUT2D eigenvalue weighted by molar-refractivity contribution is 5.70. The molecule has 0 aromatic rings. The van der Waals surface area contributed by atoms with E-state index >= 15 is 0 Å². The molecule has 0 amide bonds. The van der Waals surface area contributed by atoms with Crippen molar-refractivity contribution in [2.45, 2.75) is 12.6 Å². The molecule has 0 aliphatic rings. The van der Waals surface area contributed by atoms with E-state index in [1.165, 1.54) is 7.11 Å². The molecule has 0 bridgehead atoms. The molecule has 0 spiro atoms. The zero-order chi connectivity index (χ0) is 9.61. The van der Waals surface area contributed by atoms with Crippen molar-refractivity contribution in [1.29, 1.82) is 0 Å². The van der Waals surface area contributed by atoms with Crippen LogP contribution in [-0.2, 0) is 14.3 Å². The lowest BCUT2D eigenvalue weighted by Gasteiger charge is -2.06. The number of hydrogen-bond donors (Lipinski definition) is 0. The molecule has 0 unspecified atom stereocenters. The van der Waals surface area contributed by atoms with Crippen molar-refractivity contribution in [1.82, 2.24) is 0 Å². The van der Waals surface area contributed by atoms with Crippen LogP contribution < -0.4 is 0 Å². The Labute approximate surface area is 67.4 Å². The number of rotatable bonds is 4. The molecule has 0 N–H and O–H groups in total. The first-order chi connectivity index (χ1) is 5.45. The molecule has 6 heteroatoms. The van der Waals surface area contributed by atoms with Gasteiger partial charge in [0.15, 0.2) is 0 Å². The Morgan fingerprint density at radius 1 is 1.42 bits per heavy atom. The summed E-state index contributed by atoms with van der Waals surface area (Å²) in [5, 5.41) is 0. The summed E-state index contributed by atoms with van der Waals surface area (Å²) in [6.45, 7) is -0.969. The molecule has 0 fully saturated rings. The predicted molar refractivity (Wildman–Crippen MR) is 33.5 cm³/mol. The molecule has 0 aromatic carbocycles. The largest absolute Gasteiger partial charge is 0.464 e. The fourth-order valence-corrected chi connectivity index (χ4v) is 0.440. The summed E-state index contributed by atoms with van der Waals surface area (Å²) < 4.78 is 42.9. The van der Waals surface area contributed by atoms with Crippen molar-refractivity contribution in [3.8, 4) is 0 Å². The Hall–Kier alpha value is -0.780. The van der Waals surface area contributed by atoms with E-state index in [1.54, 1.807) is 0 Å². The first-order valence-electron chi connectivity index (χ1n) is 3.17. The van der Waals surface area contributed by atoms with Gasteiger partial charge in [-0.3, -0.25) is 0 Å². The summed E-state index contributed by atoms with van der Waals surface area (Å²) in [7, 11) is 1.25. The number of alkyl halides is 3. The highest BCUT2D eigenvalue weighted by Gasteiger charge is 2.27. The maximum absolute atomic E-state index is 11.5. The Balaban J connectivity index is 3.37. The van der Waals surface area contributed by atoms with Crippen molar-refractivity contribution in [3.05, 3.63) is 0 Å². The molecule has 0 saturated heterocycles. The number of carbonyl (C=O) groups is 1. The van der Waals surface area contributed by atoms with Crippen molar-refractivity contribution < 1.29 is 27.4 Å².